The Balaban J connectivity index is 2.06. The molecular formula is C18H20N2O2S. The summed E-state index contributed by atoms with van der Waals surface area (Å²) in [6, 6.07) is 4.20. The van der Waals surface area contributed by atoms with E-state index in [4.69, 9.17) is 9.47 Å². The van der Waals surface area contributed by atoms with E-state index in [1.807, 2.05) is 18.5 Å². The van der Waals surface area contributed by atoms with Crippen LogP contribution < -0.4 is 9.47 Å². The molecule has 4 nitrogen and oxygen atoms in total. The molecule has 0 unspecified atom stereocenters. The van der Waals surface area contributed by atoms with Crippen LogP contribution in [0.1, 0.15) is 30.5 Å². The van der Waals surface area contributed by atoms with Crippen molar-refractivity contribution in [2.45, 2.75) is 25.9 Å². The third-order valence-electron chi connectivity index (χ3n) is 3.69. The topological polar surface area (TPSA) is 44.2 Å². The summed E-state index contributed by atoms with van der Waals surface area (Å²) in [6.45, 7) is 4.11. The summed E-state index contributed by atoms with van der Waals surface area (Å²) in [7, 11) is 1.68. The van der Waals surface area contributed by atoms with Gasteiger partial charge < -0.3 is 9.47 Å². The minimum atomic E-state index is -0.340. The number of fused-ring (bicyclic) bond motifs is 1. The molecule has 1 aromatic carbocycles. The molecular weight excluding hydrogens is 308 g/mol. The SMILES string of the molecule is COc1cc(Cc2cncnc2)cc2c1OC(C)(C)C=C2SC. The highest BCUT2D eigenvalue weighted by Crippen LogP contribution is 2.46. The smallest absolute Gasteiger partial charge is 0.170 e. The number of aromatic nitrogens is 2. The molecule has 5 heteroatoms. The molecule has 2 heterocycles. The first kappa shape index (κ1) is 15.9. The van der Waals surface area contributed by atoms with E-state index in [1.54, 1.807) is 25.2 Å². The summed E-state index contributed by atoms with van der Waals surface area (Å²) >= 11 is 1.73. The average Bonchev–Trinajstić information content (AvgIpc) is 2.54. The van der Waals surface area contributed by atoms with Crippen LogP contribution in [0.25, 0.3) is 4.91 Å². The van der Waals surface area contributed by atoms with Gasteiger partial charge in [-0.05, 0) is 49.4 Å². The van der Waals surface area contributed by atoms with Crippen molar-refractivity contribution in [3.63, 3.8) is 0 Å². The quantitative estimate of drug-likeness (QED) is 0.850. The first-order valence-electron chi connectivity index (χ1n) is 7.43. The van der Waals surface area contributed by atoms with Crippen LogP contribution in [0.2, 0.25) is 0 Å². The number of rotatable bonds is 4. The normalized spacial score (nSPS) is 15.4. The molecule has 0 N–H and O–H groups in total. The summed E-state index contributed by atoms with van der Waals surface area (Å²) < 4.78 is 11.7. The maximum atomic E-state index is 6.14. The first-order chi connectivity index (χ1) is 11.0. The molecule has 3 rings (SSSR count). The Morgan fingerprint density at radius 2 is 1.91 bits per heavy atom. The molecule has 120 valence electrons. The summed E-state index contributed by atoms with van der Waals surface area (Å²) in [5.41, 5.74) is 2.97. The largest absolute Gasteiger partial charge is 0.493 e. The second-order valence-electron chi connectivity index (χ2n) is 6.02. The van der Waals surface area contributed by atoms with Crippen molar-refractivity contribution in [2.75, 3.05) is 13.4 Å². The zero-order valence-electron chi connectivity index (χ0n) is 13.8. The van der Waals surface area contributed by atoms with Gasteiger partial charge in [-0.1, -0.05) is 0 Å². The van der Waals surface area contributed by atoms with Gasteiger partial charge >= 0.3 is 0 Å². The van der Waals surface area contributed by atoms with Gasteiger partial charge in [-0.2, -0.15) is 0 Å². The standard InChI is InChI=1S/C18H20N2O2S/c1-18(2)8-16(23-4)14-6-12(5-13-9-19-11-20-10-13)7-15(21-3)17(14)22-18/h6-11H,5H2,1-4H3. The number of hydrogen-bond donors (Lipinski definition) is 0. The van der Waals surface area contributed by atoms with Crippen LogP contribution >= 0.6 is 11.8 Å². The van der Waals surface area contributed by atoms with Crippen LogP contribution in [0.15, 0.2) is 36.9 Å². The predicted octanol–water partition coefficient (Wildman–Crippen LogP) is 3.95. The Bertz CT molecular complexity index is 742. The van der Waals surface area contributed by atoms with Crippen LogP contribution in [-0.4, -0.2) is 28.9 Å². The molecule has 1 aliphatic heterocycles. The first-order valence-corrected chi connectivity index (χ1v) is 8.66. The van der Waals surface area contributed by atoms with Crippen LogP contribution in [0, 0.1) is 0 Å². The fourth-order valence-corrected chi connectivity index (χ4v) is 3.49. The predicted molar refractivity (Wildman–Crippen MR) is 94.0 cm³/mol. The lowest BCUT2D eigenvalue weighted by molar-refractivity contribution is 0.152. The number of thioether (sulfide) groups is 1. The van der Waals surface area contributed by atoms with E-state index < -0.39 is 0 Å². The number of nitrogens with zero attached hydrogens (tertiary/aromatic N) is 2. The molecule has 0 atom stereocenters. The minimum Gasteiger partial charge on any atom is -0.493 e. The Morgan fingerprint density at radius 1 is 1.17 bits per heavy atom. The number of methoxy groups -OCH3 is 1. The van der Waals surface area contributed by atoms with Crippen molar-refractivity contribution in [2.24, 2.45) is 0 Å². The molecule has 0 saturated heterocycles. The van der Waals surface area contributed by atoms with E-state index in [9.17, 15) is 0 Å². The molecule has 0 saturated carbocycles. The van der Waals surface area contributed by atoms with Crippen molar-refractivity contribution in [1.82, 2.24) is 9.97 Å². The van der Waals surface area contributed by atoms with Gasteiger partial charge in [0, 0.05) is 29.3 Å². The van der Waals surface area contributed by atoms with Gasteiger partial charge in [-0.25, -0.2) is 9.97 Å². The second-order valence-corrected chi connectivity index (χ2v) is 6.86. The van der Waals surface area contributed by atoms with Gasteiger partial charge in [0.25, 0.3) is 0 Å². The van der Waals surface area contributed by atoms with E-state index in [0.717, 1.165) is 34.6 Å². The third-order valence-corrected chi connectivity index (χ3v) is 4.46. The van der Waals surface area contributed by atoms with E-state index in [0.29, 0.717) is 0 Å². The van der Waals surface area contributed by atoms with Gasteiger partial charge in [-0.15, -0.1) is 11.8 Å². The lowest BCUT2D eigenvalue weighted by Gasteiger charge is -2.32. The highest BCUT2D eigenvalue weighted by molar-refractivity contribution is 8.07. The van der Waals surface area contributed by atoms with Gasteiger partial charge in [0.1, 0.15) is 11.9 Å². The summed E-state index contributed by atoms with van der Waals surface area (Å²) in [5.74, 6) is 1.58. The Hall–Kier alpha value is -2.01. The third kappa shape index (κ3) is 3.34. The van der Waals surface area contributed by atoms with Crippen molar-refractivity contribution < 1.29 is 9.47 Å². The molecule has 2 aromatic rings. The fraction of sp³-hybridized carbons (Fsp3) is 0.333. The number of benzene rings is 1. The lowest BCUT2D eigenvalue weighted by atomic mass is 9.98. The van der Waals surface area contributed by atoms with Crippen molar-refractivity contribution in [3.8, 4) is 11.5 Å². The maximum absolute atomic E-state index is 6.14. The molecule has 0 fully saturated rings. The second kappa shape index (κ2) is 6.24. The van der Waals surface area contributed by atoms with Gasteiger partial charge in [-0.3, -0.25) is 0 Å². The van der Waals surface area contributed by atoms with Crippen LogP contribution in [-0.2, 0) is 6.42 Å². The molecule has 0 amide bonds. The Kier molecular flexibility index (Phi) is 4.31. The van der Waals surface area contributed by atoms with Crippen molar-refractivity contribution in [1.29, 1.82) is 0 Å². The molecule has 23 heavy (non-hydrogen) atoms. The van der Waals surface area contributed by atoms with Gasteiger partial charge in [0.05, 0.1) is 7.11 Å². The highest BCUT2D eigenvalue weighted by atomic mass is 32.2. The number of ether oxygens (including phenoxy) is 2. The van der Waals surface area contributed by atoms with Gasteiger partial charge in [0.2, 0.25) is 0 Å². The van der Waals surface area contributed by atoms with E-state index in [-0.39, 0.29) is 5.60 Å². The molecule has 0 radical (unpaired) electrons. The molecule has 0 spiro atoms. The highest BCUT2D eigenvalue weighted by Gasteiger charge is 2.29. The Labute approximate surface area is 141 Å². The molecule has 1 aromatic heterocycles. The molecule has 0 bridgehead atoms. The van der Waals surface area contributed by atoms with Gasteiger partial charge in [0.15, 0.2) is 11.5 Å². The van der Waals surface area contributed by atoms with E-state index in [1.165, 1.54) is 4.91 Å². The van der Waals surface area contributed by atoms with Crippen LogP contribution in [0.3, 0.4) is 0 Å². The maximum Gasteiger partial charge on any atom is 0.170 e. The van der Waals surface area contributed by atoms with E-state index in [2.05, 4.69) is 42.2 Å². The average molecular weight is 328 g/mol. The summed E-state index contributed by atoms with van der Waals surface area (Å²) in [6.07, 6.45) is 10.2. The lowest BCUT2D eigenvalue weighted by Crippen LogP contribution is -2.29. The van der Waals surface area contributed by atoms with E-state index >= 15 is 0 Å². The van der Waals surface area contributed by atoms with Crippen LogP contribution in [0.4, 0.5) is 0 Å². The molecule has 1 aliphatic rings. The number of hydrogen-bond acceptors (Lipinski definition) is 5. The zero-order valence-corrected chi connectivity index (χ0v) is 14.6. The Morgan fingerprint density at radius 3 is 2.57 bits per heavy atom. The molecule has 0 aliphatic carbocycles. The monoisotopic (exact) mass is 328 g/mol. The zero-order chi connectivity index (χ0) is 16.4. The fourth-order valence-electron chi connectivity index (χ4n) is 2.71. The van der Waals surface area contributed by atoms with Crippen molar-refractivity contribution in [3.05, 3.63) is 53.6 Å². The summed E-state index contributed by atoms with van der Waals surface area (Å²) in [4.78, 5) is 9.37. The van der Waals surface area contributed by atoms with Crippen molar-refractivity contribution >= 4 is 16.7 Å². The van der Waals surface area contributed by atoms with Crippen LogP contribution in [0.5, 0.6) is 11.5 Å². The summed E-state index contributed by atoms with van der Waals surface area (Å²) in [5, 5.41) is 0. The minimum absolute atomic E-state index is 0.340.